The average molecular weight is 290 g/mol. The van der Waals surface area contributed by atoms with Crippen LogP contribution in [0.25, 0.3) is 0 Å². The summed E-state index contributed by atoms with van der Waals surface area (Å²) in [7, 11) is 2.74. The molecule has 1 aromatic carbocycles. The molecule has 0 radical (unpaired) electrons. The molecule has 0 spiro atoms. The Kier molecular flexibility index (Phi) is 3.83. The van der Waals surface area contributed by atoms with Crippen molar-refractivity contribution in [1.29, 1.82) is 0 Å². The van der Waals surface area contributed by atoms with Gasteiger partial charge in [-0.3, -0.25) is 14.9 Å². The molecule has 1 rings (SSSR count). The van der Waals surface area contributed by atoms with Gasteiger partial charge in [-0.15, -0.1) is 0 Å². The molecule has 6 nitrogen and oxygen atoms in total. The number of nitrogens with zero attached hydrogens (tertiary/aromatic N) is 1. The van der Waals surface area contributed by atoms with Gasteiger partial charge in [-0.2, -0.15) is 0 Å². The summed E-state index contributed by atoms with van der Waals surface area (Å²) < 4.78 is 9.26. The minimum atomic E-state index is -0.656. The molecule has 0 amide bonds. The molecular weight excluding hydrogens is 282 g/mol. The second kappa shape index (κ2) is 4.93. The van der Waals surface area contributed by atoms with E-state index in [4.69, 9.17) is 9.47 Å². The molecule has 1 aromatic rings. The molecule has 0 heterocycles. The van der Waals surface area contributed by atoms with Gasteiger partial charge in [0.25, 0.3) is 5.69 Å². The molecule has 0 aliphatic carbocycles. The van der Waals surface area contributed by atoms with E-state index in [1.54, 1.807) is 0 Å². The topological polar surface area (TPSA) is 78.7 Å². The summed E-state index contributed by atoms with van der Waals surface area (Å²) in [6.07, 6.45) is 0. The predicted octanol–water partition coefficient (Wildman–Crippen LogP) is 2.15. The van der Waals surface area contributed by atoms with Crippen molar-refractivity contribution in [2.75, 3.05) is 14.2 Å². The van der Waals surface area contributed by atoms with Gasteiger partial charge in [-0.05, 0) is 15.9 Å². The van der Waals surface area contributed by atoms with Crippen LogP contribution in [0.4, 0.5) is 5.69 Å². The van der Waals surface area contributed by atoms with Crippen molar-refractivity contribution in [2.24, 2.45) is 0 Å². The van der Waals surface area contributed by atoms with E-state index in [-0.39, 0.29) is 22.7 Å². The largest absolute Gasteiger partial charge is 0.493 e. The molecule has 0 N–H and O–H groups in total. The molecule has 0 saturated heterocycles. The average Bonchev–Trinajstić information content (AvgIpc) is 2.26. The van der Waals surface area contributed by atoms with Crippen LogP contribution in [-0.2, 0) is 0 Å². The Labute approximate surface area is 99.4 Å². The molecule has 0 aliphatic rings. The first-order chi connectivity index (χ1) is 7.51. The summed E-state index contributed by atoms with van der Waals surface area (Å²) in [5.74, 6) is 0.461. The Hall–Kier alpha value is -1.63. The quantitative estimate of drug-likeness (QED) is 0.482. The lowest BCUT2D eigenvalue weighted by Crippen LogP contribution is -2.01. The van der Waals surface area contributed by atoms with Crippen LogP contribution in [0, 0.1) is 10.1 Å². The fraction of sp³-hybridized carbons (Fsp3) is 0.222. The molecule has 0 bridgehead atoms. The Morgan fingerprint density at radius 3 is 2.19 bits per heavy atom. The third-order valence-electron chi connectivity index (χ3n) is 1.91. The molecule has 16 heavy (non-hydrogen) atoms. The van der Waals surface area contributed by atoms with E-state index in [0.717, 1.165) is 6.07 Å². The Balaban J connectivity index is 3.47. The smallest absolute Gasteiger partial charge is 0.285 e. The highest BCUT2D eigenvalue weighted by atomic mass is 79.9. The number of nitro groups is 1. The number of hydrogen-bond donors (Lipinski definition) is 0. The second-order valence-electron chi connectivity index (χ2n) is 2.76. The summed E-state index contributed by atoms with van der Waals surface area (Å²) in [4.78, 5) is 21.2. The summed E-state index contributed by atoms with van der Waals surface area (Å²) in [5.41, 5.74) is -0.415. The number of ether oxygens (including phenoxy) is 2. The second-order valence-corrected chi connectivity index (χ2v) is 3.48. The fourth-order valence-electron chi connectivity index (χ4n) is 1.18. The lowest BCUT2D eigenvalue weighted by atomic mass is 10.1. The highest BCUT2D eigenvalue weighted by Gasteiger charge is 2.22. The van der Waals surface area contributed by atoms with Gasteiger partial charge in [0.15, 0.2) is 11.5 Å². The van der Waals surface area contributed by atoms with Gasteiger partial charge in [-0.25, -0.2) is 0 Å². The van der Waals surface area contributed by atoms with E-state index < -0.39 is 9.62 Å². The lowest BCUT2D eigenvalue weighted by Gasteiger charge is -2.08. The fourth-order valence-corrected chi connectivity index (χ4v) is 1.49. The van der Waals surface area contributed by atoms with Crippen LogP contribution in [0.3, 0.4) is 0 Å². The lowest BCUT2D eigenvalue weighted by molar-refractivity contribution is -0.385. The highest BCUT2D eigenvalue weighted by molar-refractivity contribution is 9.18. The third-order valence-corrected chi connectivity index (χ3v) is 2.34. The van der Waals surface area contributed by atoms with Crippen molar-refractivity contribution >= 4 is 26.3 Å². The van der Waals surface area contributed by atoms with Crippen LogP contribution in [0.2, 0.25) is 0 Å². The number of nitro benzene ring substituents is 1. The van der Waals surface area contributed by atoms with E-state index in [2.05, 4.69) is 15.9 Å². The zero-order valence-electron chi connectivity index (χ0n) is 8.52. The summed E-state index contributed by atoms with van der Waals surface area (Å²) in [5, 5.41) is 10.7. The van der Waals surface area contributed by atoms with Crippen molar-refractivity contribution in [3.63, 3.8) is 0 Å². The number of benzene rings is 1. The van der Waals surface area contributed by atoms with E-state index in [1.807, 2.05) is 0 Å². The first-order valence-electron chi connectivity index (χ1n) is 4.11. The molecule has 0 aliphatic heterocycles. The summed E-state index contributed by atoms with van der Waals surface area (Å²) in [6.45, 7) is 0. The van der Waals surface area contributed by atoms with Gasteiger partial charge in [0.2, 0.25) is 4.69 Å². The van der Waals surface area contributed by atoms with E-state index in [9.17, 15) is 14.9 Å². The van der Waals surface area contributed by atoms with Gasteiger partial charge in [0, 0.05) is 6.07 Å². The summed E-state index contributed by atoms with van der Waals surface area (Å²) >= 11 is 2.67. The predicted molar refractivity (Wildman–Crippen MR) is 59.5 cm³/mol. The highest BCUT2D eigenvalue weighted by Crippen LogP contribution is 2.35. The summed E-state index contributed by atoms with van der Waals surface area (Å²) in [6, 6.07) is 2.40. The monoisotopic (exact) mass is 289 g/mol. The van der Waals surface area contributed by atoms with Crippen molar-refractivity contribution in [3.8, 4) is 11.5 Å². The van der Waals surface area contributed by atoms with Crippen molar-refractivity contribution < 1.29 is 19.2 Å². The maximum atomic E-state index is 11.2. The number of hydrogen-bond acceptors (Lipinski definition) is 5. The van der Waals surface area contributed by atoms with Gasteiger partial charge < -0.3 is 9.47 Å². The van der Waals surface area contributed by atoms with Crippen molar-refractivity contribution in [2.45, 2.75) is 0 Å². The number of methoxy groups -OCH3 is 2. The molecule has 0 aromatic heterocycles. The van der Waals surface area contributed by atoms with Gasteiger partial charge >= 0.3 is 0 Å². The van der Waals surface area contributed by atoms with Gasteiger partial charge in [0.1, 0.15) is 5.56 Å². The Bertz CT molecular complexity index is 405. The minimum Gasteiger partial charge on any atom is -0.493 e. The number of carbonyl (C=O) groups excluding carboxylic acids is 1. The molecule has 86 valence electrons. The van der Waals surface area contributed by atoms with Gasteiger partial charge in [0.05, 0.1) is 25.2 Å². The molecular formula is C9H8BrNO5. The standard InChI is InChI=1S/C9H8BrNO5/c1-15-7-3-5(9(10)12)6(11(13)14)4-8(7)16-2/h3-4H,1-2H3. The van der Waals surface area contributed by atoms with E-state index >= 15 is 0 Å². The normalized spacial score (nSPS) is 9.69. The number of carbonyl (C=O) groups is 1. The maximum absolute atomic E-state index is 11.2. The van der Waals surface area contributed by atoms with Crippen LogP contribution in [0.1, 0.15) is 10.4 Å². The van der Waals surface area contributed by atoms with Crippen LogP contribution in [0.5, 0.6) is 11.5 Å². The third kappa shape index (κ3) is 2.30. The van der Waals surface area contributed by atoms with Crippen LogP contribution < -0.4 is 9.47 Å². The first-order valence-corrected chi connectivity index (χ1v) is 4.90. The molecule has 7 heteroatoms. The zero-order chi connectivity index (χ0) is 12.3. The van der Waals surface area contributed by atoms with E-state index in [0.29, 0.717) is 0 Å². The van der Waals surface area contributed by atoms with Crippen molar-refractivity contribution in [1.82, 2.24) is 0 Å². The SMILES string of the molecule is COc1cc(C(=O)Br)c([N+](=O)[O-])cc1OC. The van der Waals surface area contributed by atoms with Crippen LogP contribution >= 0.6 is 15.9 Å². The van der Waals surface area contributed by atoms with Gasteiger partial charge in [-0.1, -0.05) is 0 Å². The Morgan fingerprint density at radius 2 is 1.81 bits per heavy atom. The van der Waals surface area contributed by atoms with Crippen molar-refractivity contribution in [3.05, 3.63) is 27.8 Å². The van der Waals surface area contributed by atoms with Crippen LogP contribution in [0.15, 0.2) is 12.1 Å². The number of rotatable bonds is 4. The van der Waals surface area contributed by atoms with Crippen LogP contribution in [-0.4, -0.2) is 23.8 Å². The molecule has 0 unspecified atom stereocenters. The first kappa shape index (κ1) is 12.4. The zero-order valence-corrected chi connectivity index (χ0v) is 10.1. The Morgan fingerprint density at radius 1 is 1.31 bits per heavy atom. The molecule has 0 saturated carbocycles. The molecule has 0 atom stereocenters. The van der Waals surface area contributed by atoms with E-state index in [1.165, 1.54) is 20.3 Å². The minimum absolute atomic E-state index is 0.0809. The number of halogens is 1. The maximum Gasteiger partial charge on any atom is 0.285 e. The molecule has 0 fully saturated rings.